The maximum atomic E-state index is 5.58. The number of hydrogen-bond donors (Lipinski definition) is 0. The lowest BCUT2D eigenvalue weighted by molar-refractivity contribution is 0.243. The zero-order chi connectivity index (χ0) is 20.2. The molecule has 5 nitrogen and oxygen atoms in total. The molecule has 1 aromatic heterocycles. The van der Waals surface area contributed by atoms with Crippen molar-refractivity contribution in [2.45, 2.75) is 32.0 Å². The van der Waals surface area contributed by atoms with E-state index in [0.717, 1.165) is 46.6 Å². The van der Waals surface area contributed by atoms with E-state index < -0.39 is 0 Å². The van der Waals surface area contributed by atoms with Gasteiger partial charge in [0.1, 0.15) is 10.8 Å². The van der Waals surface area contributed by atoms with Crippen LogP contribution in [0.2, 0.25) is 0 Å². The number of aromatic nitrogens is 1. The first-order valence-electron chi connectivity index (χ1n) is 9.74. The van der Waals surface area contributed by atoms with Crippen molar-refractivity contribution in [3.8, 4) is 27.8 Å². The van der Waals surface area contributed by atoms with Crippen molar-refractivity contribution in [1.82, 2.24) is 9.88 Å². The van der Waals surface area contributed by atoms with Crippen LogP contribution in [0.15, 0.2) is 47.8 Å². The van der Waals surface area contributed by atoms with E-state index >= 15 is 0 Å². The largest absolute Gasteiger partial charge is 0.497 e. The van der Waals surface area contributed by atoms with E-state index in [1.165, 1.54) is 18.4 Å². The smallest absolute Gasteiger partial charge is 0.170 e. The van der Waals surface area contributed by atoms with Crippen molar-refractivity contribution in [2.75, 3.05) is 21.3 Å². The molecule has 1 saturated carbocycles. The summed E-state index contributed by atoms with van der Waals surface area (Å²) in [5, 5.41) is 3.11. The van der Waals surface area contributed by atoms with Crippen LogP contribution in [0.3, 0.4) is 0 Å². The summed E-state index contributed by atoms with van der Waals surface area (Å²) in [4.78, 5) is 7.42. The zero-order valence-corrected chi connectivity index (χ0v) is 17.9. The number of para-hydroxylation sites is 1. The number of hydrogen-bond acceptors (Lipinski definition) is 6. The molecular weight excluding hydrogens is 384 g/mol. The van der Waals surface area contributed by atoms with E-state index in [1.807, 2.05) is 30.3 Å². The van der Waals surface area contributed by atoms with Crippen molar-refractivity contribution >= 4 is 11.3 Å². The third kappa shape index (κ3) is 4.54. The number of rotatable bonds is 9. The van der Waals surface area contributed by atoms with Crippen LogP contribution in [0, 0.1) is 0 Å². The highest BCUT2D eigenvalue weighted by Crippen LogP contribution is 2.39. The predicted octanol–water partition coefficient (Wildman–Crippen LogP) is 5.00. The molecule has 0 atom stereocenters. The normalized spacial score (nSPS) is 13.5. The molecule has 1 fully saturated rings. The summed E-state index contributed by atoms with van der Waals surface area (Å²) in [5.74, 6) is 2.34. The quantitative estimate of drug-likeness (QED) is 0.497. The number of ether oxygens (including phenoxy) is 3. The summed E-state index contributed by atoms with van der Waals surface area (Å²) in [7, 11) is 5.02. The molecule has 0 spiro atoms. The van der Waals surface area contributed by atoms with Gasteiger partial charge in [-0.2, -0.15) is 0 Å². The molecule has 3 aromatic rings. The van der Waals surface area contributed by atoms with Crippen LogP contribution in [0.25, 0.3) is 10.6 Å². The molecule has 152 valence electrons. The Morgan fingerprint density at radius 3 is 2.41 bits per heavy atom. The first kappa shape index (κ1) is 19.7. The molecule has 0 bridgehead atoms. The second-order valence-corrected chi connectivity index (χ2v) is 8.03. The van der Waals surface area contributed by atoms with Gasteiger partial charge in [-0.15, -0.1) is 11.3 Å². The standard InChI is InChI=1S/C23H26N2O3S/c1-26-19-11-7-16(8-12-19)13-25(18-9-10-18)14-17-15-29-23(24-17)20-5-4-6-21(27-2)22(20)28-3/h4-8,11-12,15,18H,9-10,13-14H2,1-3H3. The van der Waals surface area contributed by atoms with Gasteiger partial charge in [0, 0.05) is 24.5 Å². The van der Waals surface area contributed by atoms with Gasteiger partial charge in [0.15, 0.2) is 11.5 Å². The monoisotopic (exact) mass is 410 g/mol. The van der Waals surface area contributed by atoms with E-state index in [-0.39, 0.29) is 0 Å². The van der Waals surface area contributed by atoms with Crippen molar-refractivity contribution in [3.63, 3.8) is 0 Å². The molecule has 0 saturated heterocycles. The van der Waals surface area contributed by atoms with Gasteiger partial charge in [-0.25, -0.2) is 4.98 Å². The van der Waals surface area contributed by atoms with Crippen LogP contribution < -0.4 is 14.2 Å². The van der Waals surface area contributed by atoms with Crippen LogP contribution in [0.4, 0.5) is 0 Å². The Kier molecular flexibility index (Phi) is 6.02. The van der Waals surface area contributed by atoms with Crippen LogP contribution in [0.5, 0.6) is 17.2 Å². The first-order valence-corrected chi connectivity index (χ1v) is 10.6. The molecule has 1 aliphatic carbocycles. The minimum atomic E-state index is 0.647. The van der Waals surface area contributed by atoms with Crippen LogP contribution in [-0.4, -0.2) is 37.3 Å². The minimum Gasteiger partial charge on any atom is -0.497 e. The minimum absolute atomic E-state index is 0.647. The molecule has 0 aliphatic heterocycles. The molecule has 0 unspecified atom stereocenters. The topological polar surface area (TPSA) is 43.8 Å². The molecule has 4 rings (SSSR count). The van der Waals surface area contributed by atoms with Crippen molar-refractivity contribution in [3.05, 3.63) is 59.1 Å². The average molecular weight is 411 g/mol. The van der Waals surface area contributed by atoms with Gasteiger partial charge in [0.05, 0.1) is 32.6 Å². The highest BCUT2D eigenvalue weighted by molar-refractivity contribution is 7.13. The molecule has 0 radical (unpaired) electrons. The van der Waals surface area contributed by atoms with Gasteiger partial charge in [-0.05, 0) is 42.7 Å². The van der Waals surface area contributed by atoms with Gasteiger partial charge in [-0.1, -0.05) is 18.2 Å². The third-order valence-corrected chi connectivity index (χ3v) is 6.08. The van der Waals surface area contributed by atoms with E-state index in [1.54, 1.807) is 32.7 Å². The lowest BCUT2D eigenvalue weighted by Gasteiger charge is -2.21. The molecule has 0 N–H and O–H groups in total. The fourth-order valence-corrected chi connectivity index (χ4v) is 4.32. The van der Waals surface area contributed by atoms with Gasteiger partial charge < -0.3 is 14.2 Å². The summed E-state index contributed by atoms with van der Waals surface area (Å²) >= 11 is 1.65. The summed E-state index contributed by atoms with van der Waals surface area (Å²) in [5.41, 5.74) is 3.36. The van der Waals surface area contributed by atoms with Gasteiger partial charge in [-0.3, -0.25) is 4.90 Å². The summed E-state index contributed by atoms with van der Waals surface area (Å²) < 4.78 is 16.3. The second-order valence-electron chi connectivity index (χ2n) is 7.17. The van der Waals surface area contributed by atoms with Crippen LogP contribution in [-0.2, 0) is 13.1 Å². The fraction of sp³-hybridized carbons (Fsp3) is 0.348. The Morgan fingerprint density at radius 2 is 1.76 bits per heavy atom. The number of nitrogens with zero attached hydrogens (tertiary/aromatic N) is 2. The van der Waals surface area contributed by atoms with Crippen LogP contribution in [0.1, 0.15) is 24.1 Å². The molecular formula is C23H26N2O3S. The Hall–Kier alpha value is -2.57. The highest BCUT2D eigenvalue weighted by atomic mass is 32.1. The average Bonchev–Trinajstić information content (AvgIpc) is 3.52. The van der Waals surface area contributed by atoms with E-state index in [9.17, 15) is 0 Å². The summed E-state index contributed by atoms with van der Waals surface area (Å²) in [6, 6.07) is 14.9. The molecule has 1 heterocycles. The summed E-state index contributed by atoms with van der Waals surface area (Å²) in [6.07, 6.45) is 2.52. The lowest BCUT2D eigenvalue weighted by atomic mass is 10.2. The fourth-order valence-electron chi connectivity index (χ4n) is 3.49. The molecule has 6 heteroatoms. The molecule has 1 aliphatic rings. The second kappa shape index (κ2) is 8.84. The van der Waals surface area contributed by atoms with Gasteiger partial charge >= 0.3 is 0 Å². The zero-order valence-electron chi connectivity index (χ0n) is 17.1. The van der Waals surface area contributed by atoms with E-state index in [4.69, 9.17) is 19.2 Å². The number of thiazole rings is 1. The Balaban J connectivity index is 1.51. The Labute approximate surface area is 175 Å². The number of methoxy groups -OCH3 is 3. The predicted molar refractivity (Wildman–Crippen MR) is 116 cm³/mol. The lowest BCUT2D eigenvalue weighted by Crippen LogP contribution is -2.25. The molecule has 0 amide bonds. The van der Waals surface area contributed by atoms with Crippen LogP contribution >= 0.6 is 11.3 Å². The maximum Gasteiger partial charge on any atom is 0.170 e. The van der Waals surface area contributed by atoms with Gasteiger partial charge in [0.2, 0.25) is 0 Å². The SMILES string of the molecule is COc1ccc(CN(Cc2csc(-c3cccc(OC)c3OC)n2)C2CC2)cc1. The summed E-state index contributed by atoms with van der Waals surface area (Å²) in [6.45, 7) is 1.77. The highest BCUT2D eigenvalue weighted by Gasteiger charge is 2.29. The van der Waals surface area contributed by atoms with Crippen molar-refractivity contribution in [2.24, 2.45) is 0 Å². The van der Waals surface area contributed by atoms with E-state index in [2.05, 4.69) is 22.4 Å². The molecule has 2 aromatic carbocycles. The van der Waals surface area contributed by atoms with Gasteiger partial charge in [0.25, 0.3) is 0 Å². The maximum absolute atomic E-state index is 5.58. The number of benzene rings is 2. The third-order valence-electron chi connectivity index (χ3n) is 5.16. The van der Waals surface area contributed by atoms with Crippen molar-refractivity contribution in [1.29, 1.82) is 0 Å². The molecule has 29 heavy (non-hydrogen) atoms. The Morgan fingerprint density at radius 1 is 0.966 bits per heavy atom. The van der Waals surface area contributed by atoms with Crippen molar-refractivity contribution < 1.29 is 14.2 Å². The van der Waals surface area contributed by atoms with E-state index in [0.29, 0.717) is 6.04 Å². The Bertz CT molecular complexity index is 951. The first-order chi connectivity index (χ1) is 14.2.